The number of aryl methyl sites for hydroxylation is 1. The number of carbonyl (C=O) groups is 3. The van der Waals surface area contributed by atoms with E-state index < -0.39 is 12.0 Å². The maximum absolute atomic E-state index is 12.3. The molecule has 1 aromatic carbocycles. The molecule has 8 heteroatoms. The van der Waals surface area contributed by atoms with Crippen molar-refractivity contribution in [1.29, 1.82) is 0 Å². The van der Waals surface area contributed by atoms with E-state index in [1.54, 1.807) is 12.1 Å². The number of piperazine rings is 1. The molecule has 0 saturated carbocycles. The van der Waals surface area contributed by atoms with Crippen molar-refractivity contribution < 1.29 is 24.0 Å². The van der Waals surface area contributed by atoms with Gasteiger partial charge in [-0.05, 0) is 24.6 Å². The molecule has 0 radical (unpaired) electrons. The molecular formula is C16H21ClN3O4+. The summed E-state index contributed by atoms with van der Waals surface area (Å²) in [4.78, 5) is 36.5. The van der Waals surface area contributed by atoms with Crippen LogP contribution in [0.25, 0.3) is 0 Å². The normalized spacial score (nSPS) is 20.2. The van der Waals surface area contributed by atoms with Crippen molar-refractivity contribution in [3.8, 4) is 0 Å². The Morgan fingerprint density at radius 2 is 2.21 bits per heavy atom. The van der Waals surface area contributed by atoms with Crippen molar-refractivity contribution in [2.75, 3.05) is 32.1 Å². The first-order valence-corrected chi connectivity index (χ1v) is 8.03. The van der Waals surface area contributed by atoms with Gasteiger partial charge in [-0.2, -0.15) is 0 Å². The van der Waals surface area contributed by atoms with Crippen LogP contribution in [0.5, 0.6) is 0 Å². The molecule has 1 aromatic rings. The largest absolute Gasteiger partial charge is 0.469 e. The quantitative estimate of drug-likeness (QED) is 0.624. The highest BCUT2D eigenvalue weighted by molar-refractivity contribution is 6.33. The standard InChI is InChI=1S/C16H20ClN3O4/c1-10-3-4-12(11(17)7-10)19-14(21)9-20-6-5-18-16(23)13(20)8-15(22)24-2/h3-4,7,13H,5-6,8-9H2,1-2H3,(H,18,23)(H,19,21)/p+1/t13-/m0/s1. The van der Waals surface area contributed by atoms with Gasteiger partial charge >= 0.3 is 5.97 Å². The van der Waals surface area contributed by atoms with Crippen molar-refractivity contribution in [2.24, 2.45) is 0 Å². The van der Waals surface area contributed by atoms with Crippen LogP contribution in [0.4, 0.5) is 5.69 Å². The van der Waals surface area contributed by atoms with Crippen molar-refractivity contribution in [2.45, 2.75) is 19.4 Å². The number of halogens is 1. The van der Waals surface area contributed by atoms with E-state index in [4.69, 9.17) is 11.6 Å². The van der Waals surface area contributed by atoms with Gasteiger partial charge in [0, 0.05) is 0 Å². The van der Waals surface area contributed by atoms with E-state index in [1.165, 1.54) is 7.11 Å². The first-order valence-electron chi connectivity index (χ1n) is 7.66. The highest BCUT2D eigenvalue weighted by Crippen LogP contribution is 2.22. The molecule has 1 saturated heterocycles. The minimum Gasteiger partial charge on any atom is -0.469 e. The summed E-state index contributed by atoms with van der Waals surface area (Å²) in [5, 5.41) is 5.92. The molecule has 0 spiro atoms. The predicted molar refractivity (Wildman–Crippen MR) is 88.9 cm³/mol. The molecule has 130 valence electrons. The Labute approximate surface area is 145 Å². The molecule has 0 aliphatic carbocycles. The van der Waals surface area contributed by atoms with Gasteiger partial charge in [0.2, 0.25) is 0 Å². The molecule has 2 atom stereocenters. The van der Waals surface area contributed by atoms with Gasteiger partial charge in [0.05, 0.1) is 30.9 Å². The Bertz CT molecular complexity index is 650. The first-order chi connectivity index (χ1) is 11.4. The Balaban J connectivity index is 2.02. The van der Waals surface area contributed by atoms with E-state index in [0.717, 1.165) is 10.5 Å². The number of hydrogen-bond acceptors (Lipinski definition) is 4. The highest BCUT2D eigenvalue weighted by atomic mass is 35.5. The summed E-state index contributed by atoms with van der Waals surface area (Å²) < 4.78 is 4.63. The van der Waals surface area contributed by atoms with E-state index in [-0.39, 0.29) is 24.8 Å². The minimum absolute atomic E-state index is 0.0593. The average molecular weight is 355 g/mol. The van der Waals surface area contributed by atoms with Crippen LogP contribution in [-0.4, -0.2) is 50.6 Å². The highest BCUT2D eigenvalue weighted by Gasteiger charge is 2.36. The molecule has 1 unspecified atom stereocenters. The van der Waals surface area contributed by atoms with Gasteiger partial charge in [0.1, 0.15) is 6.42 Å². The number of nitrogens with one attached hydrogen (secondary N) is 3. The van der Waals surface area contributed by atoms with E-state index in [9.17, 15) is 14.4 Å². The second kappa shape index (κ2) is 8.12. The number of carbonyl (C=O) groups excluding carboxylic acids is 3. The molecule has 3 N–H and O–H groups in total. The first kappa shape index (κ1) is 18.2. The SMILES string of the molecule is COC(=O)C[C@H]1C(=O)NCC[NH+]1CC(=O)Nc1ccc(C)cc1Cl. The van der Waals surface area contributed by atoms with Crippen molar-refractivity contribution in [3.63, 3.8) is 0 Å². The lowest BCUT2D eigenvalue weighted by atomic mass is 10.1. The van der Waals surface area contributed by atoms with Gasteiger partial charge in [-0.15, -0.1) is 0 Å². The van der Waals surface area contributed by atoms with Gasteiger partial charge < -0.3 is 20.3 Å². The van der Waals surface area contributed by atoms with Gasteiger partial charge in [-0.3, -0.25) is 14.4 Å². The zero-order valence-corrected chi connectivity index (χ0v) is 14.4. The third-order valence-electron chi connectivity index (χ3n) is 3.94. The fourth-order valence-corrected chi connectivity index (χ4v) is 2.93. The Hall–Kier alpha value is -2.12. The fraction of sp³-hybridized carbons (Fsp3) is 0.438. The number of esters is 1. The molecule has 0 aromatic heterocycles. The molecule has 1 fully saturated rings. The minimum atomic E-state index is -0.634. The van der Waals surface area contributed by atoms with E-state index >= 15 is 0 Å². The summed E-state index contributed by atoms with van der Waals surface area (Å²) in [5.74, 6) is -0.986. The summed E-state index contributed by atoms with van der Waals surface area (Å²) in [6.45, 7) is 3.00. The smallest absolute Gasteiger partial charge is 0.312 e. The molecule has 7 nitrogen and oxygen atoms in total. The second-order valence-corrected chi connectivity index (χ2v) is 6.15. The number of methoxy groups -OCH3 is 1. The lowest BCUT2D eigenvalue weighted by Crippen LogP contribution is -3.20. The zero-order valence-electron chi connectivity index (χ0n) is 13.6. The monoisotopic (exact) mass is 354 g/mol. The maximum Gasteiger partial charge on any atom is 0.312 e. The van der Waals surface area contributed by atoms with E-state index in [1.807, 2.05) is 13.0 Å². The summed E-state index contributed by atoms with van der Waals surface area (Å²) in [7, 11) is 1.27. The lowest BCUT2D eigenvalue weighted by molar-refractivity contribution is -0.909. The predicted octanol–water partition coefficient (Wildman–Crippen LogP) is -0.467. The van der Waals surface area contributed by atoms with Crippen molar-refractivity contribution in [3.05, 3.63) is 28.8 Å². The molecule has 2 amide bonds. The molecule has 24 heavy (non-hydrogen) atoms. The van der Waals surface area contributed by atoms with Gasteiger partial charge in [0.25, 0.3) is 11.8 Å². The molecular weight excluding hydrogens is 334 g/mol. The molecule has 1 aliphatic rings. The fourth-order valence-electron chi connectivity index (χ4n) is 2.65. The van der Waals surface area contributed by atoms with Gasteiger partial charge in [-0.25, -0.2) is 0 Å². The third kappa shape index (κ3) is 4.69. The Morgan fingerprint density at radius 3 is 2.88 bits per heavy atom. The summed E-state index contributed by atoms with van der Waals surface area (Å²) >= 11 is 6.11. The number of rotatable bonds is 5. The van der Waals surface area contributed by atoms with Crippen LogP contribution in [-0.2, 0) is 19.1 Å². The third-order valence-corrected chi connectivity index (χ3v) is 4.25. The van der Waals surface area contributed by atoms with Crippen molar-refractivity contribution in [1.82, 2.24) is 5.32 Å². The van der Waals surface area contributed by atoms with Crippen LogP contribution in [0.3, 0.4) is 0 Å². The van der Waals surface area contributed by atoms with Crippen LogP contribution in [0.2, 0.25) is 5.02 Å². The average Bonchev–Trinajstić information content (AvgIpc) is 2.53. The number of anilines is 1. The second-order valence-electron chi connectivity index (χ2n) is 5.74. The lowest BCUT2D eigenvalue weighted by Gasteiger charge is -2.30. The molecule has 2 rings (SSSR count). The van der Waals surface area contributed by atoms with Crippen LogP contribution >= 0.6 is 11.6 Å². The zero-order chi connectivity index (χ0) is 17.7. The van der Waals surface area contributed by atoms with E-state index in [2.05, 4.69) is 15.4 Å². The number of ether oxygens (including phenoxy) is 1. The van der Waals surface area contributed by atoms with Crippen LogP contribution < -0.4 is 15.5 Å². The molecule has 1 heterocycles. The summed E-state index contributed by atoms with van der Waals surface area (Å²) in [6, 6.07) is 4.71. The Kier molecular flexibility index (Phi) is 6.16. The summed E-state index contributed by atoms with van der Waals surface area (Å²) in [5.41, 5.74) is 1.52. The van der Waals surface area contributed by atoms with Crippen LogP contribution in [0, 0.1) is 6.92 Å². The number of hydrogen-bond donors (Lipinski definition) is 3. The number of quaternary nitrogens is 1. The van der Waals surface area contributed by atoms with Crippen LogP contribution in [0.1, 0.15) is 12.0 Å². The van der Waals surface area contributed by atoms with E-state index in [0.29, 0.717) is 23.8 Å². The maximum atomic E-state index is 12.3. The van der Waals surface area contributed by atoms with Gasteiger partial charge in [-0.1, -0.05) is 17.7 Å². The number of amides is 2. The topological polar surface area (TPSA) is 88.9 Å². The number of benzene rings is 1. The van der Waals surface area contributed by atoms with Gasteiger partial charge in [0.15, 0.2) is 12.6 Å². The summed E-state index contributed by atoms with van der Waals surface area (Å²) in [6.07, 6.45) is -0.0593. The Morgan fingerprint density at radius 1 is 1.46 bits per heavy atom. The molecule has 0 bridgehead atoms. The molecule has 1 aliphatic heterocycles. The van der Waals surface area contributed by atoms with Crippen LogP contribution in [0.15, 0.2) is 18.2 Å². The van der Waals surface area contributed by atoms with Crippen molar-refractivity contribution >= 4 is 35.1 Å².